The highest BCUT2D eigenvalue weighted by Gasteiger charge is 2.60. The molecule has 2 aliphatic carbocycles. The van der Waals surface area contributed by atoms with Crippen molar-refractivity contribution in [1.29, 1.82) is 0 Å². The summed E-state index contributed by atoms with van der Waals surface area (Å²) in [5.74, 6) is 0. The minimum absolute atomic E-state index is 0.00287. The Morgan fingerprint density at radius 3 is 2.08 bits per heavy atom. The third-order valence-corrected chi connectivity index (χ3v) is 5.69. The number of fused-ring (bicyclic) bond motifs is 1. The molecule has 3 rings (SSSR count). The molecule has 0 aromatic heterocycles. The van der Waals surface area contributed by atoms with Crippen LogP contribution in [0, 0.1) is 0 Å². The van der Waals surface area contributed by atoms with Crippen LogP contribution in [0.3, 0.4) is 0 Å². The van der Waals surface area contributed by atoms with E-state index in [1.165, 1.54) is 6.42 Å². The fraction of sp³-hybridized carbons (Fsp3) is 1.00. The molecular weight excluding hydrogens is 174 g/mol. The van der Waals surface area contributed by atoms with Gasteiger partial charge in [-0.3, -0.25) is 0 Å². The van der Waals surface area contributed by atoms with Crippen molar-refractivity contribution >= 4 is 10.0 Å². The largest absolute Gasteiger partial charge is 0.217 e. The quantitative estimate of drug-likeness (QED) is 0.597. The number of hydrogen-bond donors (Lipinski definition) is 0. The molecule has 68 valence electrons. The Morgan fingerprint density at radius 1 is 1.00 bits per heavy atom. The van der Waals surface area contributed by atoms with Gasteiger partial charge in [0.1, 0.15) is 0 Å². The summed E-state index contributed by atoms with van der Waals surface area (Å²) in [5.41, 5.74) is 0. The molecule has 3 nitrogen and oxygen atoms in total. The highest BCUT2D eigenvalue weighted by molar-refractivity contribution is 7.90. The Labute approximate surface area is 72.8 Å². The van der Waals surface area contributed by atoms with E-state index in [4.69, 9.17) is 0 Å². The van der Waals surface area contributed by atoms with Crippen molar-refractivity contribution in [3.05, 3.63) is 0 Å². The molecule has 2 saturated carbocycles. The first-order valence-corrected chi connectivity index (χ1v) is 6.24. The monoisotopic (exact) mass is 187 g/mol. The lowest BCUT2D eigenvalue weighted by molar-refractivity contribution is 0.516. The average Bonchev–Trinajstić information content (AvgIpc) is 2.90. The second-order valence-corrected chi connectivity index (χ2v) is 6.26. The molecule has 4 heteroatoms. The van der Waals surface area contributed by atoms with E-state index in [0.29, 0.717) is 12.1 Å². The zero-order valence-electron chi connectivity index (χ0n) is 6.94. The van der Waals surface area contributed by atoms with Gasteiger partial charge >= 0.3 is 0 Å². The first-order valence-electron chi connectivity index (χ1n) is 4.73. The van der Waals surface area contributed by atoms with Crippen LogP contribution in [0.2, 0.25) is 0 Å². The molecule has 12 heavy (non-hydrogen) atoms. The summed E-state index contributed by atoms with van der Waals surface area (Å²) in [7, 11) is -2.82. The van der Waals surface area contributed by atoms with Gasteiger partial charge < -0.3 is 0 Å². The van der Waals surface area contributed by atoms with E-state index in [1.54, 1.807) is 4.31 Å². The van der Waals surface area contributed by atoms with Crippen LogP contribution in [0.4, 0.5) is 0 Å². The van der Waals surface area contributed by atoms with Crippen LogP contribution >= 0.6 is 0 Å². The number of rotatable bonds is 2. The van der Waals surface area contributed by atoms with E-state index in [1.807, 2.05) is 0 Å². The second kappa shape index (κ2) is 2.04. The fourth-order valence-corrected chi connectivity index (χ4v) is 4.67. The van der Waals surface area contributed by atoms with Gasteiger partial charge in [0.2, 0.25) is 10.0 Å². The second-order valence-electron chi connectivity index (χ2n) is 4.14. The van der Waals surface area contributed by atoms with E-state index in [2.05, 4.69) is 0 Å². The average molecular weight is 187 g/mol. The van der Waals surface area contributed by atoms with Crippen LogP contribution in [0.1, 0.15) is 32.1 Å². The molecule has 1 heterocycles. The molecule has 2 atom stereocenters. The first kappa shape index (κ1) is 7.33. The summed E-state index contributed by atoms with van der Waals surface area (Å²) >= 11 is 0. The van der Waals surface area contributed by atoms with Gasteiger partial charge in [-0.15, -0.1) is 0 Å². The normalized spacial score (nSPS) is 45.8. The van der Waals surface area contributed by atoms with Crippen LogP contribution in [0.15, 0.2) is 0 Å². The summed E-state index contributed by atoms with van der Waals surface area (Å²) < 4.78 is 25.2. The summed E-state index contributed by atoms with van der Waals surface area (Å²) in [4.78, 5) is 0. The number of sulfonamides is 1. The summed E-state index contributed by atoms with van der Waals surface area (Å²) in [6, 6.07) is 0.825. The minimum Gasteiger partial charge on any atom is -0.212 e. The molecule has 0 bridgehead atoms. The molecule has 0 unspecified atom stereocenters. The predicted molar refractivity (Wildman–Crippen MR) is 45.2 cm³/mol. The van der Waals surface area contributed by atoms with E-state index in [0.717, 1.165) is 25.7 Å². The van der Waals surface area contributed by atoms with Gasteiger partial charge in [0.25, 0.3) is 0 Å². The molecule has 3 aliphatic rings. The molecule has 3 fully saturated rings. The van der Waals surface area contributed by atoms with Crippen LogP contribution in [-0.4, -0.2) is 30.1 Å². The van der Waals surface area contributed by atoms with Crippen LogP contribution in [0.5, 0.6) is 0 Å². The van der Waals surface area contributed by atoms with Gasteiger partial charge in [0, 0.05) is 12.1 Å². The van der Waals surface area contributed by atoms with Gasteiger partial charge in [-0.1, -0.05) is 6.42 Å². The van der Waals surface area contributed by atoms with E-state index in [9.17, 15) is 8.42 Å². The lowest BCUT2D eigenvalue weighted by atomic mass is 10.3. The van der Waals surface area contributed by atoms with Crippen LogP contribution < -0.4 is 0 Å². The number of nitrogens with zero attached hydrogens (tertiary/aromatic N) is 1. The number of hydrogen-bond acceptors (Lipinski definition) is 2. The van der Waals surface area contributed by atoms with Crippen molar-refractivity contribution < 1.29 is 8.42 Å². The Morgan fingerprint density at radius 2 is 1.58 bits per heavy atom. The van der Waals surface area contributed by atoms with Crippen molar-refractivity contribution in [2.45, 2.75) is 49.4 Å². The molecule has 0 spiro atoms. The maximum Gasteiger partial charge on any atom is 0.217 e. The van der Waals surface area contributed by atoms with Crippen molar-refractivity contribution in [2.75, 3.05) is 0 Å². The molecule has 1 saturated heterocycles. The standard InChI is InChI=1S/C8H13NO2S/c10-12(11,6-4-5-6)9-7-2-1-3-8(7)9/h6-8H,1-5H2/t7-,8-/m0/s1. The Bertz CT molecular complexity index is 297. The fourth-order valence-electron chi connectivity index (χ4n) is 2.40. The maximum atomic E-state index is 11.7. The first-order chi connectivity index (χ1) is 5.71. The molecule has 0 aromatic carbocycles. The van der Waals surface area contributed by atoms with Gasteiger partial charge in [-0.05, 0) is 25.7 Å². The molecule has 0 radical (unpaired) electrons. The van der Waals surface area contributed by atoms with Gasteiger partial charge in [0.15, 0.2) is 0 Å². The van der Waals surface area contributed by atoms with Crippen LogP contribution in [-0.2, 0) is 10.0 Å². The zero-order chi connectivity index (χ0) is 8.34. The minimum atomic E-state index is -2.82. The van der Waals surface area contributed by atoms with Crippen LogP contribution in [0.25, 0.3) is 0 Å². The zero-order valence-corrected chi connectivity index (χ0v) is 7.76. The third kappa shape index (κ3) is 0.823. The van der Waals surface area contributed by atoms with Gasteiger partial charge in [-0.2, -0.15) is 4.31 Å². The highest BCUT2D eigenvalue weighted by atomic mass is 32.2. The summed E-state index contributed by atoms with van der Waals surface area (Å²) in [6.45, 7) is 0. The van der Waals surface area contributed by atoms with Crippen molar-refractivity contribution in [3.8, 4) is 0 Å². The third-order valence-electron chi connectivity index (χ3n) is 3.25. The lowest BCUT2D eigenvalue weighted by Crippen LogP contribution is -2.21. The Kier molecular flexibility index (Phi) is 1.25. The molecule has 0 amide bonds. The SMILES string of the molecule is O=S(=O)(C1CC1)N1[C@H]2CCC[C@@H]21. The molecule has 0 aromatic rings. The van der Waals surface area contributed by atoms with E-state index >= 15 is 0 Å². The molecule has 0 N–H and O–H groups in total. The van der Waals surface area contributed by atoms with Crippen molar-refractivity contribution in [2.24, 2.45) is 0 Å². The molecular formula is C8H13NO2S. The van der Waals surface area contributed by atoms with Crippen molar-refractivity contribution in [3.63, 3.8) is 0 Å². The van der Waals surface area contributed by atoms with E-state index < -0.39 is 10.0 Å². The van der Waals surface area contributed by atoms with Gasteiger partial charge in [0.05, 0.1) is 5.25 Å². The molecule has 1 aliphatic heterocycles. The Hall–Kier alpha value is -0.0900. The predicted octanol–water partition coefficient (Wildman–Crippen LogP) is 0.715. The topological polar surface area (TPSA) is 37.1 Å². The smallest absolute Gasteiger partial charge is 0.212 e. The lowest BCUT2D eigenvalue weighted by Gasteiger charge is -2.06. The number of piperidine rings is 1. The van der Waals surface area contributed by atoms with Crippen molar-refractivity contribution in [1.82, 2.24) is 4.31 Å². The highest BCUT2D eigenvalue weighted by Crippen LogP contribution is 2.48. The summed E-state index contributed by atoms with van der Waals surface area (Å²) in [6.07, 6.45) is 5.25. The van der Waals surface area contributed by atoms with Gasteiger partial charge in [-0.25, -0.2) is 8.42 Å². The Balaban J connectivity index is 1.83. The summed E-state index contributed by atoms with van der Waals surface area (Å²) in [5, 5.41) is 0.00287. The maximum absolute atomic E-state index is 11.7. The van der Waals surface area contributed by atoms with E-state index in [-0.39, 0.29) is 5.25 Å².